The van der Waals surface area contributed by atoms with E-state index >= 15 is 0 Å². The zero-order valence-corrected chi connectivity index (χ0v) is 10.6. The van der Waals surface area contributed by atoms with E-state index in [9.17, 15) is 14.7 Å². The predicted molar refractivity (Wildman–Crippen MR) is 64.5 cm³/mol. The molecule has 0 bridgehead atoms. The average Bonchev–Trinajstić information content (AvgIpc) is 2.00. The van der Waals surface area contributed by atoms with Crippen LogP contribution in [0.4, 0.5) is 0 Å². The number of hydrogen-bond donors (Lipinski definition) is 3. The van der Waals surface area contributed by atoms with E-state index in [0.717, 1.165) is 11.1 Å². The molecule has 0 amide bonds. The molecule has 0 saturated heterocycles. The molecule has 1 aromatic rings. The van der Waals surface area contributed by atoms with E-state index in [1.807, 2.05) is 33.8 Å². The van der Waals surface area contributed by atoms with Crippen molar-refractivity contribution >= 4 is 13.2 Å². The molecule has 0 spiro atoms. The van der Waals surface area contributed by atoms with E-state index in [1.165, 1.54) is 0 Å². The molecule has 0 saturated carbocycles. The van der Waals surface area contributed by atoms with E-state index in [2.05, 4.69) is 0 Å². The van der Waals surface area contributed by atoms with Crippen LogP contribution in [0.15, 0.2) is 18.2 Å². The second-order valence-electron chi connectivity index (χ2n) is 4.93. The Bertz CT molecular complexity index is 361. The molecule has 0 atom stereocenters. The van der Waals surface area contributed by atoms with Crippen LogP contribution in [0, 0.1) is 6.92 Å². The fraction of sp³-hybridized carbons (Fsp3) is 0.455. The molecule has 15 heavy (non-hydrogen) atoms. The predicted octanol–water partition coefficient (Wildman–Crippen LogP) is 1.39. The Morgan fingerprint density at radius 1 is 1.07 bits per heavy atom. The van der Waals surface area contributed by atoms with Gasteiger partial charge in [-0.15, -0.1) is 0 Å². The van der Waals surface area contributed by atoms with Gasteiger partial charge in [-0.2, -0.15) is 0 Å². The fourth-order valence-corrected chi connectivity index (χ4v) is 2.69. The van der Waals surface area contributed by atoms with Crippen molar-refractivity contribution < 1.29 is 14.7 Å². The van der Waals surface area contributed by atoms with Gasteiger partial charge in [0, 0.05) is 0 Å². The third-order valence-corrected chi connectivity index (χ3v) is 3.50. The molecular formula is C11H19O3P. The third-order valence-electron chi connectivity index (χ3n) is 2.34. The summed E-state index contributed by atoms with van der Waals surface area (Å²) in [5.41, 5.74) is 1.62. The van der Waals surface area contributed by atoms with Crippen molar-refractivity contribution in [3.8, 4) is 0 Å². The summed E-state index contributed by atoms with van der Waals surface area (Å²) in [6.45, 7) is 7.87. The minimum atomic E-state index is -4.21. The first kappa shape index (κ1) is 12.6. The molecule has 3 N–H and O–H groups in total. The van der Waals surface area contributed by atoms with E-state index in [0.29, 0.717) is 0 Å². The van der Waals surface area contributed by atoms with Gasteiger partial charge in [0.15, 0.2) is 0 Å². The van der Waals surface area contributed by atoms with Gasteiger partial charge < -0.3 is 0 Å². The molecule has 0 aliphatic heterocycles. The van der Waals surface area contributed by atoms with Crippen LogP contribution in [-0.2, 0) is 5.41 Å². The first-order chi connectivity index (χ1) is 6.62. The maximum absolute atomic E-state index is 9.37. The maximum atomic E-state index is 9.37. The van der Waals surface area contributed by atoms with Gasteiger partial charge >= 0.3 is 90.4 Å². The standard InChI is InChI=1S/C11H19O3P/c1-8-5-6-10(15(12,13)14)9(7-8)11(2,3)4/h5-7,12-15H,1-4H3. The van der Waals surface area contributed by atoms with Crippen LogP contribution in [0.1, 0.15) is 31.9 Å². The van der Waals surface area contributed by atoms with Crippen molar-refractivity contribution in [3.05, 3.63) is 29.3 Å². The van der Waals surface area contributed by atoms with Gasteiger partial charge in [0.05, 0.1) is 0 Å². The van der Waals surface area contributed by atoms with Crippen LogP contribution in [0.5, 0.6) is 0 Å². The van der Waals surface area contributed by atoms with Crippen molar-refractivity contribution in [2.75, 3.05) is 0 Å². The van der Waals surface area contributed by atoms with Crippen LogP contribution in [-0.4, -0.2) is 14.7 Å². The normalized spacial score (nSPS) is 14.1. The summed E-state index contributed by atoms with van der Waals surface area (Å²) in [6.07, 6.45) is 0. The second-order valence-corrected chi connectivity index (χ2v) is 6.74. The monoisotopic (exact) mass is 230 g/mol. The van der Waals surface area contributed by atoms with Crippen molar-refractivity contribution in [1.82, 2.24) is 0 Å². The van der Waals surface area contributed by atoms with E-state index < -0.39 is 7.94 Å². The average molecular weight is 230 g/mol. The molecule has 0 aliphatic carbocycles. The first-order valence-corrected chi connectivity index (χ1v) is 6.75. The zero-order chi connectivity index (χ0) is 11.9. The summed E-state index contributed by atoms with van der Waals surface area (Å²) in [4.78, 5) is 28.1. The van der Waals surface area contributed by atoms with Gasteiger partial charge in [0.2, 0.25) is 0 Å². The molecule has 1 rings (SSSR count). The van der Waals surface area contributed by atoms with E-state index in [-0.39, 0.29) is 10.7 Å². The Morgan fingerprint density at radius 3 is 2.00 bits per heavy atom. The molecule has 1 aromatic carbocycles. The summed E-state index contributed by atoms with van der Waals surface area (Å²) >= 11 is 0. The zero-order valence-electron chi connectivity index (χ0n) is 9.57. The molecular weight excluding hydrogens is 211 g/mol. The summed E-state index contributed by atoms with van der Waals surface area (Å²) < 4.78 is 0. The van der Waals surface area contributed by atoms with Gasteiger partial charge in [0.25, 0.3) is 0 Å². The number of rotatable bonds is 1. The number of hydrogen-bond acceptors (Lipinski definition) is 3. The van der Waals surface area contributed by atoms with Gasteiger partial charge in [0.1, 0.15) is 0 Å². The van der Waals surface area contributed by atoms with Crippen LogP contribution in [0.3, 0.4) is 0 Å². The Balaban J connectivity index is 3.41. The molecule has 0 unspecified atom stereocenters. The van der Waals surface area contributed by atoms with Gasteiger partial charge in [-0.3, -0.25) is 0 Å². The Morgan fingerprint density at radius 2 is 1.60 bits per heavy atom. The number of aryl methyl sites for hydroxylation is 1. The van der Waals surface area contributed by atoms with Crippen LogP contribution in [0.2, 0.25) is 0 Å². The summed E-state index contributed by atoms with van der Waals surface area (Å²) in [5.74, 6) is 0. The third kappa shape index (κ3) is 2.99. The van der Waals surface area contributed by atoms with Gasteiger partial charge in [-0.25, -0.2) is 0 Å². The van der Waals surface area contributed by atoms with E-state index in [4.69, 9.17) is 0 Å². The van der Waals surface area contributed by atoms with Crippen molar-refractivity contribution in [2.45, 2.75) is 33.1 Å². The topological polar surface area (TPSA) is 60.7 Å². The van der Waals surface area contributed by atoms with Crippen LogP contribution >= 0.6 is 7.94 Å². The summed E-state index contributed by atoms with van der Waals surface area (Å²) in [7, 11) is -4.21. The minimum absolute atomic E-state index is 0.214. The Labute approximate surface area is 91.0 Å². The molecule has 86 valence electrons. The molecule has 3 nitrogen and oxygen atoms in total. The second kappa shape index (κ2) is 3.84. The molecule has 0 heterocycles. The first-order valence-electron chi connectivity index (χ1n) is 4.91. The molecule has 0 radical (unpaired) electrons. The molecule has 0 aliphatic rings. The molecule has 0 fully saturated rings. The van der Waals surface area contributed by atoms with Crippen molar-refractivity contribution in [3.63, 3.8) is 0 Å². The molecule has 4 heteroatoms. The quantitative estimate of drug-likeness (QED) is 0.639. The van der Waals surface area contributed by atoms with Gasteiger partial charge in [-0.1, -0.05) is 0 Å². The Hall–Kier alpha value is -0.470. The fourth-order valence-electron chi connectivity index (χ4n) is 1.57. The van der Waals surface area contributed by atoms with Crippen molar-refractivity contribution in [1.29, 1.82) is 0 Å². The Kier molecular flexibility index (Phi) is 3.22. The molecule has 0 aromatic heterocycles. The van der Waals surface area contributed by atoms with Crippen LogP contribution in [0.25, 0.3) is 0 Å². The van der Waals surface area contributed by atoms with E-state index in [1.54, 1.807) is 12.1 Å². The van der Waals surface area contributed by atoms with Crippen molar-refractivity contribution in [2.24, 2.45) is 0 Å². The van der Waals surface area contributed by atoms with Crippen LogP contribution < -0.4 is 5.30 Å². The summed E-state index contributed by atoms with van der Waals surface area (Å²) in [6, 6.07) is 5.26. The number of benzene rings is 1. The van der Waals surface area contributed by atoms with Gasteiger partial charge in [-0.05, 0) is 0 Å². The summed E-state index contributed by atoms with van der Waals surface area (Å²) in [5, 5.41) is 0.278. The SMILES string of the molecule is Cc1ccc([PH](O)(O)O)c(C(C)(C)C)c1.